The summed E-state index contributed by atoms with van der Waals surface area (Å²) in [7, 11) is 0. The smallest absolute Gasteiger partial charge is 0.254 e. The molecule has 0 heterocycles. The molecule has 0 radical (unpaired) electrons. The lowest BCUT2D eigenvalue weighted by molar-refractivity contribution is -0.121. The second-order valence-corrected chi connectivity index (χ2v) is 5.29. The summed E-state index contributed by atoms with van der Waals surface area (Å²) in [6, 6.07) is 4.71. The van der Waals surface area contributed by atoms with Gasteiger partial charge in [0.25, 0.3) is 5.91 Å². The lowest BCUT2D eigenvalue weighted by Gasteiger charge is -2.22. The van der Waals surface area contributed by atoms with Crippen LogP contribution in [0.4, 0.5) is 5.69 Å². The molecular weight excluding hydrogens is 290 g/mol. The van der Waals surface area contributed by atoms with Gasteiger partial charge in [0.1, 0.15) is 0 Å². The Labute approximate surface area is 130 Å². The number of rotatable bonds is 7. The summed E-state index contributed by atoms with van der Waals surface area (Å²) in [5.41, 5.74) is 6.53. The molecule has 0 saturated carbocycles. The second-order valence-electron chi connectivity index (χ2n) is 4.85. The first-order chi connectivity index (χ1) is 9.97. The summed E-state index contributed by atoms with van der Waals surface area (Å²) >= 11 is 5.92. The zero-order valence-electron chi connectivity index (χ0n) is 12.5. The zero-order chi connectivity index (χ0) is 15.8. The molecule has 0 fully saturated rings. The van der Waals surface area contributed by atoms with Gasteiger partial charge in [-0.3, -0.25) is 9.59 Å². The Kier molecular flexibility index (Phi) is 7.02. The minimum Gasteiger partial charge on any atom is -0.399 e. The van der Waals surface area contributed by atoms with Crippen LogP contribution in [-0.2, 0) is 4.79 Å². The van der Waals surface area contributed by atoms with Crippen LogP contribution in [0.2, 0.25) is 5.02 Å². The van der Waals surface area contributed by atoms with Gasteiger partial charge >= 0.3 is 0 Å². The Morgan fingerprint density at radius 2 is 1.95 bits per heavy atom. The summed E-state index contributed by atoms with van der Waals surface area (Å²) in [5, 5.41) is 3.17. The van der Waals surface area contributed by atoms with Crippen molar-refractivity contribution in [3.63, 3.8) is 0 Å². The van der Waals surface area contributed by atoms with Gasteiger partial charge < -0.3 is 16.0 Å². The molecule has 5 nitrogen and oxygen atoms in total. The predicted molar refractivity (Wildman–Crippen MR) is 85.4 cm³/mol. The van der Waals surface area contributed by atoms with Crippen LogP contribution < -0.4 is 11.1 Å². The van der Waals surface area contributed by atoms with Gasteiger partial charge in [-0.2, -0.15) is 0 Å². The van der Waals surface area contributed by atoms with Crippen molar-refractivity contribution in [1.82, 2.24) is 10.2 Å². The molecule has 116 valence electrons. The number of anilines is 1. The van der Waals surface area contributed by atoms with Crippen LogP contribution in [-0.4, -0.2) is 36.3 Å². The largest absolute Gasteiger partial charge is 0.399 e. The number of nitrogens with two attached hydrogens (primary N) is 1. The van der Waals surface area contributed by atoms with Crippen molar-refractivity contribution in [3.8, 4) is 0 Å². The van der Waals surface area contributed by atoms with E-state index in [1.807, 2.05) is 13.8 Å². The number of carbonyl (C=O) groups excluding carboxylic acids is 2. The SMILES string of the molecule is CCCNC(=O)CN(CCC)C(=O)c1cc(N)cc(Cl)c1. The van der Waals surface area contributed by atoms with Crippen LogP contribution in [0.25, 0.3) is 0 Å². The van der Waals surface area contributed by atoms with Crippen LogP contribution in [0.1, 0.15) is 37.0 Å². The van der Waals surface area contributed by atoms with Gasteiger partial charge in [-0.05, 0) is 31.0 Å². The molecule has 2 amide bonds. The Morgan fingerprint density at radius 3 is 2.52 bits per heavy atom. The average Bonchev–Trinajstić information content (AvgIpc) is 2.42. The highest BCUT2D eigenvalue weighted by Gasteiger charge is 2.18. The highest BCUT2D eigenvalue weighted by Crippen LogP contribution is 2.18. The molecule has 0 aromatic heterocycles. The maximum Gasteiger partial charge on any atom is 0.254 e. The van der Waals surface area contributed by atoms with Gasteiger partial charge in [-0.25, -0.2) is 0 Å². The average molecular weight is 312 g/mol. The Morgan fingerprint density at radius 1 is 1.24 bits per heavy atom. The molecule has 0 bridgehead atoms. The Hall–Kier alpha value is -1.75. The van der Waals surface area contributed by atoms with Crippen LogP contribution in [0, 0.1) is 0 Å². The molecule has 0 aliphatic rings. The molecule has 0 spiro atoms. The van der Waals surface area contributed by atoms with Crippen molar-refractivity contribution in [3.05, 3.63) is 28.8 Å². The van der Waals surface area contributed by atoms with E-state index in [-0.39, 0.29) is 18.4 Å². The van der Waals surface area contributed by atoms with E-state index in [9.17, 15) is 9.59 Å². The molecule has 0 atom stereocenters. The lowest BCUT2D eigenvalue weighted by Crippen LogP contribution is -2.41. The summed E-state index contributed by atoms with van der Waals surface area (Å²) in [4.78, 5) is 25.8. The third kappa shape index (κ3) is 5.63. The van der Waals surface area contributed by atoms with E-state index < -0.39 is 0 Å². The van der Waals surface area contributed by atoms with E-state index in [1.54, 1.807) is 18.2 Å². The maximum atomic E-state index is 12.5. The number of carbonyl (C=O) groups is 2. The monoisotopic (exact) mass is 311 g/mol. The third-order valence-electron chi connectivity index (χ3n) is 2.85. The van der Waals surface area contributed by atoms with E-state index in [2.05, 4.69) is 5.32 Å². The van der Waals surface area contributed by atoms with Crippen molar-refractivity contribution in [2.24, 2.45) is 0 Å². The first-order valence-corrected chi connectivity index (χ1v) is 7.47. The highest BCUT2D eigenvalue weighted by atomic mass is 35.5. The number of nitrogens with zero attached hydrogens (tertiary/aromatic N) is 1. The van der Waals surface area contributed by atoms with E-state index in [0.29, 0.717) is 29.4 Å². The topological polar surface area (TPSA) is 75.4 Å². The molecule has 21 heavy (non-hydrogen) atoms. The Bertz CT molecular complexity index is 485. The van der Waals surface area contributed by atoms with Crippen molar-refractivity contribution < 1.29 is 9.59 Å². The number of nitrogen functional groups attached to an aromatic ring is 1. The molecular formula is C15H22ClN3O2. The number of amides is 2. The van der Waals surface area contributed by atoms with Gasteiger partial charge in [0.15, 0.2) is 0 Å². The normalized spacial score (nSPS) is 10.2. The molecule has 6 heteroatoms. The quantitative estimate of drug-likeness (QED) is 0.759. The molecule has 1 rings (SSSR count). The molecule has 1 aromatic rings. The number of hydrogen-bond donors (Lipinski definition) is 2. The highest BCUT2D eigenvalue weighted by molar-refractivity contribution is 6.31. The molecule has 1 aromatic carbocycles. The van der Waals surface area contributed by atoms with Crippen LogP contribution >= 0.6 is 11.6 Å². The maximum absolute atomic E-state index is 12.5. The van der Waals surface area contributed by atoms with Gasteiger partial charge in [-0.1, -0.05) is 25.4 Å². The van der Waals surface area contributed by atoms with Gasteiger partial charge in [-0.15, -0.1) is 0 Å². The lowest BCUT2D eigenvalue weighted by atomic mass is 10.1. The molecule has 0 aliphatic carbocycles. The van der Waals surface area contributed by atoms with Crippen molar-refractivity contribution in [2.45, 2.75) is 26.7 Å². The van der Waals surface area contributed by atoms with Gasteiger partial charge in [0.2, 0.25) is 5.91 Å². The third-order valence-corrected chi connectivity index (χ3v) is 3.07. The fourth-order valence-corrected chi connectivity index (χ4v) is 2.18. The minimum absolute atomic E-state index is 0.0408. The number of halogens is 1. The predicted octanol–water partition coefficient (Wildman–Crippen LogP) is 2.30. The summed E-state index contributed by atoms with van der Waals surface area (Å²) in [6.07, 6.45) is 1.63. The minimum atomic E-state index is -0.238. The zero-order valence-corrected chi connectivity index (χ0v) is 13.2. The number of hydrogen-bond acceptors (Lipinski definition) is 3. The number of nitrogens with one attached hydrogen (secondary N) is 1. The molecule has 3 N–H and O–H groups in total. The van der Waals surface area contributed by atoms with E-state index in [0.717, 1.165) is 12.8 Å². The summed E-state index contributed by atoms with van der Waals surface area (Å²) in [6.45, 7) is 5.08. The van der Waals surface area contributed by atoms with E-state index in [1.165, 1.54) is 4.90 Å². The fourth-order valence-electron chi connectivity index (χ4n) is 1.93. The van der Waals surface area contributed by atoms with Gasteiger partial charge in [0.05, 0.1) is 6.54 Å². The first-order valence-electron chi connectivity index (χ1n) is 7.10. The molecule has 0 saturated heterocycles. The molecule has 0 aliphatic heterocycles. The van der Waals surface area contributed by atoms with Crippen LogP contribution in [0.3, 0.4) is 0 Å². The van der Waals surface area contributed by atoms with Crippen molar-refractivity contribution >= 4 is 29.1 Å². The Balaban J connectivity index is 2.83. The molecule has 0 unspecified atom stereocenters. The van der Waals surface area contributed by atoms with E-state index in [4.69, 9.17) is 17.3 Å². The van der Waals surface area contributed by atoms with Crippen LogP contribution in [0.15, 0.2) is 18.2 Å². The van der Waals surface area contributed by atoms with Crippen molar-refractivity contribution in [1.29, 1.82) is 0 Å². The van der Waals surface area contributed by atoms with Crippen molar-refractivity contribution in [2.75, 3.05) is 25.4 Å². The van der Waals surface area contributed by atoms with Gasteiger partial charge in [0, 0.05) is 29.4 Å². The first kappa shape index (κ1) is 17.3. The fraction of sp³-hybridized carbons (Fsp3) is 0.467. The summed E-state index contributed by atoms with van der Waals surface area (Å²) in [5.74, 6) is -0.397. The summed E-state index contributed by atoms with van der Waals surface area (Å²) < 4.78 is 0. The van der Waals surface area contributed by atoms with Crippen LogP contribution in [0.5, 0.6) is 0 Å². The number of benzene rings is 1. The standard InChI is InChI=1S/C15H22ClN3O2/c1-3-5-18-14(20)10-19(6-4-2)15(21)11-7-12(16)9-13(17)8-11/h7-9H,3-6,10,17H2,1-2H3,(H,18,20). The van der Waals surface area contributed by atoms with E-state index >= 15 is 0 Å². The second kappa shape index (κ2) is 8.52.